The van der Waals surface area contributed by atoms with Crippen LogP contribution in [0.1, 0.15) is 27.7 Å². The third kappa shape index (κ3) is 4.94. The summed E-state index contributed by atoms with van der Waals surface area (Å²) in [4.78, 5) is 6.70. The van der Waals surface area contributed by atoms with Crippen LogP contribution < -0.4 is 0 Å². The van der Waals surface area contributed by atoms with Gasteiger partial charge in [0.05, 0.1) is 6.67 Å². The molecule has 3 aromatic rings. The fourth-order valence-electron chi connectivity index (χ4n) is 3.40. The number of nitrogens with zero attached hydrogens (tertiary/aromatic N) is 5. The zero-order chi connectivity index (χ0) is 20.1. The number of para-hydroxylation sites is 1. The second-order valence-corrected chi connectivity index (χ2v) is 8.35. The van der Waals surface area contributed by atoms with Crippen molar-refractivity contribution in [2.75, 3.05) is 13.1 Å². The van der Waals surface area contributed by atoms with Crippen molar-refractivity contribution in [3.8, 4) is 17.1 Å². The van der Waals surface area contributed by atoms with Crippen LogP contribution in [0.5, 0.6) is 0 Å². The van der Waals surface area contributed by atoms with Crippen LogP contribution in [0, 0.1) is 16.6 Å². The van der Waals surface area contributed by atoms with Gasteiger partial charge >= 0.3 is 0 Å². The number of benzene rings is 1. The van der Waals surface area contributed by atoms with Crippen LogP contribution in [0.15, 0.2) is 54.9 Å². The lowest BCUT2D eigenvalue weighted by atomic mass is 10.1. The minimum Gasteiger partial charge on any atom is -0.284 e. The van der Waals surface area contributed by atoms with Gasteiger partial charge in [-0.1, -0.05) is 45.9 Å². The number of aromatic nitrogens is 4. The van der Waals surface area contributed by atoms with Gasteiger partial charge in [-0.3, -0.25) is 14.5 Å². The van der Waals surface area contributed by atoms with E-state index in [4.69, 9.17) is 17.3 Å². The predicted molar refractivity (Wildman–Crippen MR) is 117 cm³/mol. The van der Waals surface area contributed by atoms with Crippen molar-refractivity contribution in [2.24, 2.45) is 11.8 Å². The van der Waals surface area contributed by atoms with E-state index in [0.29, 0.717) is 23.3 Å². The Morgan fingerprint density at radius 2 is 1.64 bits per heavy atom. The van der Waals surface area contributed by atoms with Crippen molar-refractivity contribution in [1.82, 2.24) is 24.2 Å². The van der Waals surface area contributed by atoms with Crippen LogP contribution in [0.25, 0.3) is 17.1 Å². The minimum atomic E-state index is 0.585. The molecule has 0 N–H and O–H groups in total. The Bertz CT molecular complexity index is 919. The van der Waals surface area contributed by atoms with Gasteiger partial charge in [0.2, 0.25) is 4.77 Å². The van der Waals surface area contributed by atoms with Crippen molar-refractivity contribution in [2.45, 2.75) is 34.4 Å². The SMILES string of the molecule is CC(C)CN(CC(C)C)Cn1nc(-c2cccnc2)n(-c2ccccc2)c1=S. The molecule has 148 valence electrons. The second-order valence-electron chi connectivity index (χ2n) is 7.98. The number of hydrogen-bond donors (Lipinski definition) is 0. The van der Waals surface area contributed by atoms with Crippen LogP contribution in [-0.4, -0.2) is 37.3 Å². The quantitative estimate of drug-likeness (QED) is 0.501. The highest BCUT2D eigenvalue weighted by Gasteiger charge is 2.17. The third-order valence-electron chi connectivity index (χ3n) is 4.35. The Morgan fingerprint density at radius 1 is 0.964 bits per heavy atom. The first-order valence-electron chi connectivity index (χ1n) is 9.83. The highest BCUT2D eigenvalue weighted by Crippen LogP contribution is 2.22. The molecule has 0 bridgehead atoms. The van der Waals surface area contributed by atoms with Crippen molar-refractivity contribution < 1.29 is 0 Å². The fraction of sp³-hybridized carbons (Fsp3) is 0.409. The molecule has 1 aromatic carbocycles. The maximum atomic E-state index is 5.86. The number of pyridine rings is 1. The smallest absolute Gasteiger partial charge is 0.204 e. The second kappa shape index (κ2) is 9.26. The molecule has 0 radical (unpaired) electrons. The molecule has 0 unspecified atom stereocenters. The molecule has 0 aliphatic carbocycles. The van der Waals surface area contributed by atoms with E-state index in [1.165, 1.54) is 0 Å². The number of hydrogen-bond acceptors (Lipinski definition) is 4. The molecule has 6 heteroatoms. The first-order valence-corrected chi connectivity index (χ1v) is 10.2. The molecule has 0 saturated carbocycles. The molecule has 3 rings (SSSR count). The van der Waals surface area contributed by atoms with Crippen LogP contribution in [0.4, 0.5) is 0 Å². The molecule has 0 fully saturated rings. The summed E-state index contributed by atoms with van der Waals surface area (Å²) in [5.41, 5.74) is 1.97. The minimum absolute atomic E-state index is 0.585. The van der Waals surface area contributed by atoms with Gasteiger partial charge in [0.1, 0.15) is 0 Å². The van der Waals surface area contributed by atoms with E-state index >= 15 is 0 Å². The molecule has 2 heterocycles. The van der Waals surface area contributed by atoms with Gasteiger partial charge in [-0.15, -0.1) is 5.10 Å². The monoisotopic (exact) mass is 395 g/mol. The van der Waals surface area contributed by atoms with Crippen LogP contribution in [0.2, 0.25) is 0 Å². The summed E-state index contributed by atoms with van der Waals surface area (Å²) in [5, 5.41) is 4.90. The largest absolute Gasteiger partial charge is 0.284 e. The summed E-state index contributed by atoms with van der Waals surface area (Å²) in [6.07, 6.45) is 3.61. The Labute approximate surface area is 172 Å². The van der Waals surface area contributed by atoms with Gasteiger partial charge < -0.3 is 0 Å². The van der Waals surface area contributed by atoms with E-state index in [0.717, 1.165) is 30.2 Å². The lowest BCUT2D eigenvalue weighted by molar-refractivity contribution is 0.165. The van der Waals surface area contributed by atoms with Crippen molar-refractivity contribution in [3.05, 3.63) is 59.6 Å². The molecule has 0 spiro atoms. The molecule has 0 amide bonds. The topological polar surface area (TPSA) is 38.9 Å². The summed E-state index contributed by atoms with van der Waals surface area (Å²) in [7, 11) is 0. The zero-order valence-electron chi connectivity index (χ0n) is 17.1. The summed E-state index contributed by atoms with van der Waals surface area (Å²) >= 11 is 5.86. The zero-order valence-corrected chi connectivity index (χ0v) is 17.9. The van der Waals surface area contributed by atoms with E-state index in [2.05, 4.69) is 49.7 Å². The van der Waals surface area contributed by atoms with Crippen LogP contribution >= 0.6 is 12.2 Å². The Kier molecular flexibility index (Phi) is 6.75. The molecular formula is C22H29N5S. The van der Waals surface area contributed by atoms with Gasteiger partial charge in [0, 0.05) is 36.7 Å². The Morgan fingerprint density at radius 3 is 2.21 bits per heavy atom. The van der Waals surface area contributed by atoms with Crippen LogP contribution in [0.3, 0.4) is 0 Å². The van der Waals surface area contributed by atoms with E-state index in [-0.39, 0.29) is 0 Å². The maximum Gasteiger partial charge on any atom is 0.204 e. The fourth-order valence-corrected chi connectivity index (χ4v) is 3.69. The highest BCUT2D eigenvalue weighted by atomic mass is 32.1. The number of rotatable bonds is 8. The van der Waals surface area contributed by atoms with E-state index in [9.17, 15) is 0 Å². The normalized spacial score (nSPS) is 11.7. The van der Waals surface area contributed by atoms with Crippen molar-refractivity contribution in [3.63, 3.8) is 0 Å². The van der Waals surface area contributed by atoms with E-state index in [1.807, 2.05) is 45.8 Å². The Hall–Kier alpha value is -2.31. The summed E-state index contributed by atoms with van der Waals surface area (Å²) in [6.45, 7) is 11.7. The van der Waals surface area contributed by atoms with Gasteiger partial charge in [0.25, 0.3) is 0 Å². The van der Waals surface area contributed by atoms with Gasteiger partial charge in [-0.2, -0.15) is 0 Å². The van der Waals surface area contributed by atoms with E-state index < -0.39 is 0 Å². The lowest BCUT2D eigenvalue weighted by Gasteiger charge is -2.25. The predicted octanol–water partition coefficient (Wildman–Crippen LogP) is 5.04. The Balaban J connectivity index is 2.05. The van der Waals surface area contributed by atoms with Gasteiger partial charge in [-0.25, -0.2) is 4.68 Å². The third-order valence-corrected chi connectivity index (χ3v) is 4.75. The van der Waals surface area contributed by atoms with Gasteiger partial charge in [0.15, 0.2) is 5.82 Å². The highest BCUT2D eigenvalue weighted by molar-refractivity contribution is 7.71. The average Bonchev–Trinajstić information content (AvgIpc) is 2.98. The molecule has 0 atom stereocenters. The lowest BCUT2D eigenvalue weighted by Crippen LogP contribution is -2.33. The molecule has 0 saturated heterocycles. The van der Waals surface area contributed by atoms with Crippen molar-refractivity contribution in [1.29, 1.82) is 0 Å². The first kappa shape index (κ1) is 20.4. The molecule has 0 aliphatic rings. The van der Waals surface area contributed by atoms with Gasteiger partial charge in [-0.05, 0) is 48.3 Å². The van der Waals surface area contributed by atoms with E-state index in [1.54, 1.807) is 6.20 Å². The standard InChI is InChI=1S/C22H29N5S/c1-17(2)14-25(15-18(3)4)16-26-22(28)27(20-10-6-5-7-11-20)21(24-26)19-9-8-12-23-13-19/h5-13,17-18H,14-16H2,1-4H3. The maximum absolute atomic E-state index is 5.86. The summed E-state index contributed by atoms with van der Waals surface area (Å²) < 4.78 is 4.67. The summed E-state index contributed by atoms with van der Waals surface area (Å²) in [5.74, 6) is 1.99. The summed E-state index contributed by atoms with van der Waals surface area (Å²) in [6, 6.07) is 14.1. The first-order chi connectivity index (χ1) is 13.5. The molecule has 5 nitrogen and oxygen atoms in total. The average molecular weight is 396 g/mol. The molecule has 0 aliphatic heterocycles. The molecular weight excluding hydrogens is 366 g/mol. The van der Waals surface area contributed by atoms with Crippen LogP contribution in [-0.2, 0) is 6.67 Å². The molecule has 2 aromatic heterocycles. The molecule has 28 heavy (non-hydrogen) atoms. The van der Waals surface area contributed by atoms with Crippen molar-refractivity contribution >= 4 is 12.2 Å².